The molecular formula is C16H25N3O3. The highest BCUT2D eigenvalue weighted by molar-refractivity contribution is 5.85. The van der Waals surface area contributed by atoms with Crippen LogP contribution in [0, 0.1) is 19.8 Å². The molecule has 1 aliphatic heterocycles. The molecule has 1 aliphatic rings. The molecule has 1 atom stereocenters. The summed E-state index contributed by atoms with van der Waals surface area (Å²) in [6, 6.07) is -0.668. The van der Waals surface area contributed by atoms with Gasteiger partial charge in [-0.1, -0.05) is 13.8 Å². The smallest absolute Gasteiger partial charge is 0.326 e. The van der Waals surface area contributed by atoms with Gasteiger partial charge in [0, 0.05) is 24.3 Å². The number of nitrogens with zero attached hydrogens (tertiary/aromatic N) is 3. The second-order valence-electron chi connectivity index (χ2n) is 6.49. The zero-order valence-electron chi connectivity index (χ0n) is 13.8. The van der Waals surface area contributed by atoms with Crippen molar-refractivity contribution in [2.24, 2.45) is 5.92 Å². The van der Waals surface area contributed by atoms with Crippen LogP contribution in [0.3, 0.4) is 0 Å². The number of likely N-dealkylation sites (tertiary alicyclic amines) is 1. The lowest BCUT2D eigenvalue weighted by atomic mass is 10.1. The third kappa shape index (κ3) is 3.31. The molecule has 0 spiro atoms. The van der Waals surface area contributed by atoms with E-state index in [9.17, 15) is 14.7 Å². The minimum Gasteiger partial charge on any atom is -0.480 e. The summed E-state index contributed by atoms with van der Waals surface area (Å²) in [5, 5.41) is 13.7. The molecular weight excluding hydrogens is 282 g/mol. The van der Waals surface area contributed by atoms with E-state index < -0.39 is 12.0 Å². The van der Waals surface area contributed by atoms with Crippen LogP contribution in [0.1, 0.15) is 43.6 Å². The molecule has 2 heterocycles. The molecule has 2 rings (SSSR count). The first kappa shape index (κ1) is 16.5. The fourth-order valence-corrected chi connectivity index (χ4v) is 3.09. The molecule has 1 aromatic rings. The molecule has 0 aliphatic carbocycles. The van der Waals surface area contributed by atoms with Crippen LogP contribution in [0.2, 0.25) is 0 Å². The van der Waals surface area contributed by atoms with Crippen molar-refractivity contribution in [2.75, 3.05) is 6.54 Å². The lowest BCUT2D eigenvalue weighted by molar-refractivity contribution is -0.148. The minimum absolute atomic E-state index is 0.111. The predicted molar refractivity (Wildman–Crippen MR) is 82.6 cm³/mol. The summed E-state index contributed by atoms with van der Waals surface area (Å²) in [6.45, 7) is 9.50. The van der Waals surface area contributed by atoms with E-state index in [0.717, 1.165) is 29.9 Å². The van der Waals surface area contributed by atoms with Gasteiger partial charge in [-0.3, -0.25) is 9.48 Å². The van der Waals surface area contributed by atoms with Gasteiger partial charge < -0.3 is 10.0 Å². The number of carbonyl (C=O) groups excluding carboxylic acids is 1. The quantitative estimate of drug-likeness (QED) is 0.899. The number of hydrogen-bond donors (Lipinski definition) is 1. The summed E-state index contributed by atoms with van der Waals surface area (Å²) in [6.07, 6.45) is 1.54. The Morgan fingerprint density at radius 1 is 1.36 bits per heavy atom. The van der Waals surface area contributed by atoms with E-state index in [1.54, 1.807) is 0 Å². The SMILES string of the molecule is Cc1nn(CC(C)C)c(C)c1CC(=O)N1CCC[C@H]1C(=O)O. The van der Waals surface area contributed by atoms with Crippen LogP contribution in [0.15, 0.2) is 0 Å². The fraction of sp³-hybridized carbons (Fsp3) is 0.688. The standard InChI is InChI=1S/C16H25N3O3/c1-10(2)9-19-12(4)13(11(3)17-19)8-15(20)18-7-5-6-14(18)16(21)22/h10,14H,5-9H2,1-4H3,(H,21,22)/t14-/m0/s1. The van der Waals surface area contributed by atoms with E-state index >= 15 is 0 Å². The fourth-order valence-electron chi connectivity index (χ4n) is 3.09. The van der Waals surface area contributed by atoms with Crippen LogP contribution < -0.4 is 0 Å². The highest BCUT2D eigenvalue weighted by Gasteiger charge is 2.34. The normalized spacial score (nSPS) is 18.2. The topological polar surface area (TPSA) is 75.4 Å². The van der Waals surface area contributed by atoms with E-state index in [-0.39, 0.29) is 12.3 Å². The van der Waals surface area contributed by atoms with E-state index in [4.69, 9.17) is 0 Å². The van der Waals surface area contributed by atoms with Gasteiger partial charge in [-0.15, -0.1) is 0 Å². The molecule has 0 bridgehead atoms. The monoisotopic (exact) mass is 307 g/mol. The van der Waals surface area contributed by atoms with Gasteiger partial charge >= 0.3 is 5.97 Å². The van der Waals surface area contributed by atoms with Gasteiger partial charge in [0.1, 0.15) is 6.04 Å². The van der Waals surface area contributed by atoms with Crippen LogP contribution >= 0.6 is 0 Å². The maximum absolute atomic E-state index is 12.5. The van der Waals surface area contributed by atoms with Gasteiger partial charge in [-0.05, 0) is 32.6 Å². The molecule has 0 aromatic carbocycles. The zero-order chi connectivity index (χ0) is 16.4. The average Bonchev–Trinajstić information content (AvgIpc) is 2.99. The zero-order valence-corrected chi connectivity index (χ0v) is 13.8. The van der Waals surface area contributed by atoms with Crippen molar-refractivity contribution in [2.45, 2.75) is 59.5 Å². The molecule has 0 radical (unpaired) electrons. The Morgan fingerprint density at radius 3 is 2.64 bits per heavy atom. The Labute approximate surface area is 131 Å². The summed E-state index contributed by atoms with van der Waals surface area (Å²) < 4.78 is 1.95. The molecule has 1 saturated heterocycles. The summed E-state index contributed by atoms with van der Waals surface area (Å²) >= 11 is 0. The van der Waals surface area contributed by atoms with Crippen molar-refractivity contribution >= 4 is 11.9 Å². The highest BCUT2D eigenvalue weighted by Crippen LogP contribution is 2.21. The van der Waals surface area contributed by atoms with Crippen LogP contribution in [0.5, 0.6) is 0 Å². The number of carboxylic acids is 1. The van der Waals surface area contributed by atoms with Gasteiger partial charge in [0.25, 0.3) is 0 Å². The Hall–Kier alpha value is -1.85. The van der Waals surface area contributed by atoms with Crippen molar-refractivity contribution in [3.05, 3.63) is 17.0 Å². The molecule has 122 valence electrons. The number of carbonyl (C=O) groups is 2. The Bertz CT molecular complexity index is 577. The van der Waals surface area contributed by atoms with Crippen LogP contribution in [0.4, 0.5) is 0 Å². The maximum Gasteiger partial charge on any atom is 0.326 e. The van der Waals surface area contributed by atoms with Crippen molar-refractivity contribution in [1.29, 1.82) is 0 Å². The highest BCUT2D eigenvalue weighted by atomic mass is 16.4. The molecule has 6 heteroatoms. The number of aryl methyl sites for hydroxylation is 1. The first-order valence-electron chi connectivity index (χ1n) is 7.86. The summed E-state index contributed by atoms with van der Waals surface area (Å²) in [4.78, 5) is 25.2. The largest absolute Gasteiger partial charge is 0.480 e. The van der Waals surface area contributed by atoms with Gasteiger partial charge in [0.15, 0.2) is 0 Å². The number of aromatic nitrogens is 2. The molecule has 1 amide bonds. The van der Waals surface area contributed by atoms with Gasteiger partial charge in [-0.2, -0.15) is 5.10 Å². The van der Waals surface area contributed by atoms with E-state index in [1.165, 1.54) is 4.90 Å². The lowest BCUT2D eigenvalue weighted by Crippen LogP contribution is -2.41. The molecule has 1 aromatic heterocycles. The molecule has 1 fully saturated rings. The minimum atomic E-state index is -0.908. The number of amides is 1. The predicted octanol–water partition coefficient (Wildman–Crippen LogP) is 1.77. The molecule has 1 N–H and O–H groups in total. The van der Waals surface area contributed by atoms with Crippen LogP contribution in [0.25, 0.3) is 0 Å². The van der Waals surface area contributed by atoms with Gasteiger partial charge in [-0.25, -0.2) is 4.79 Å². The summed E-state index contributed by atoms with van der Waals surface area (Å²) in [7, 11) is 0. The Kier molecular flexibility index (Phi) is 4.88. The van der Waals surface area contributed by atoms with Crippen molar-refractivity contribution < 1.29 is 14.7 Å². The van der Waals surface area contributed by atoms with Crippen molar-refractivity contribution in [3.63, 3.8) is 0 Å². The van der Waals surface area contributed by atoms with Crippen molar-refractivity contribution in [3.8, 4) is 0 Å². The number of rotatable bonds is 5. The Balaban J connectivity index is 2.15. The summed E-state index contributed by atoms with van der Waals surface area (Å²) in [5.41, 5.74) is 2.80. The van der Waals surface area contributed by atoms with Gasteiger partial charge in [0.2, 0.25) is 5.91 Å². The molecule has 22 heavy (non-hydrogen) atoms. The number of aliphatic carboxylic acids is 1. The van der Waals surface area contributed by atoms with Gasteiger partial charge in [0.05, 0.1) is 12.1 Å². The van der Waals surface area contributed by atoms with E-state index in [2.05, 4.69) is 18.9 Å². The van der Waals surface area contributed by atoms with Crippen LogP contribution in [-0.2, 0) is 22.6 Å². The maximum atomic E-state index is 12.5. The molecule has 0 unspecified atom stereocenters. The first-order valence-corrected chi connectivity index (χ1v) is 7.86. The molecule has 0 saturated carbocycles. The van der Waals surface area contributed by atoms with Crippen molar-refractivity contribution in [1.82, 2.24) is 14.7 Å². The number of carboxylic acid groups (broad SMARTS) is 1. The average molecular weight is 307 g/mol. The third-order valence-electron chi connectivity index (χ3n) is 4.26. The summed E-state index contributed by atoms with van der Waals surface area (Å²) in [5.74, 6) is -0.536. The lowest BCUT2D eigenvalue weighted by Gasteiger charge is -2.21. The Morgan fingerprint density at radius 2 is 2.05 bits per heavy atom. The van der Waals surface area contributed by atoms with Crippen LogP contribution in [-0.4, -0.2) is 44.3 Å². The number of hydrogen-bond acceptors (Lipinski definition) is 3. The van der Waals surface area contributed by atoms with E-state index in [1.807, 2.05) is 18.5 Å². The second kappa shape index (κ2) is 6.50. The first-order chi connectivity index (χ1) is 10.3. The molecule has 6 nitrogen and oxygen atoms in total. The van der Waals surface area contributed by atoms with E-state index in [0.29, 0.717) is 18.9 Å². The third-order valence-corrected chi connectivity index (χ3v) is 4.26. The second-order valence-corrected chi connectivity index (χ2v) is 6.49.